The molecule has 0 bridgehead atoms. The van der Waals surface area contributed by atoms with Crippen LogP contribution in [0.25, 0.3) is 11.1 Å². The van der Waals surface area contributed by atoms with E-state index in [0.29, 0.717) is 22.9 Å². The van der Waals surface area contributed by atoms with E-state index in [4.69, 9.17) is 9.47 Å². The molecule has 0 radical (unpaired) electrons. The van der Waals surface area contributed by atoms with Crippen molar-refractivity contribution in [2.45, 2.75) is 6.36 Å². The van der Waals surface area contributed by atoms with E-state index >= 15 is 0 Å². The highest BCUT2D eigenvalue weighted by atomic mass is 19.4. The lowest BCUT2D eigenvalue weighted by molar-refractivity contribution is -0.274. The predicted molar refractivity (Wildman–Crippen MR) is 104 cm³/mol. The molecule has 0 saturated carbocycles. The lowest BCUT2D eigenvalue weighted by Gasteiger charge is -2.13. The van der Waals surface area contributed by atoms with E-state index in [1.807, 2.05) is 24.3 Å². The van der Waals surface area contributed by atoms with Gasteiger partial charge in [-0.25, -0.2) is 4.79 Å². The number of halogens is 3. The molecule has 0 unspecified atom stereocenters. The van der Waals surface area contributed by atoms with Crippen molar-refractivity contribution >= 4 is 17.4 Å². The molecule has 2 N–H and O–H groups in total. The fraction of sp³-hybridized carbons (Fsp3) is 0.0952. The lowest BCUT2D eigenvalue weighted by atomic mass is 10.0. The smallest absolute Gasteiger partial charge is 0.454 e. The molecular formula is C21H15F3N2O4. The monoisotopic (exact) mass is 416 g/mol. The van der Waals surface area contributed by atoms with Crippen LogP contribution in [0.2, 0.25) is 0 Å². The summed E-state index contributed by atoms with van der Waals surface area (Å²) in [7, 11) is 0. The number of carbonyl (C=O) groups is 1. The molecule has 1 aliphatic rings. The van der Waals surface area contributed by atoms with Gasteiger partial charge in [-0.2, -0.15) is 0 Å². The minimum absolute atomic E-state index is 0.161. The fourth-order valence-electron chi connectivity index (χ4n) is 2.93. The van der Waals surface area contributed by atoms with Crippen LogP contribution < -0.4 is 24.8 Å². The summed E-state index contributed by atoms with van der Waals surface area (Å²) in [5.74, 6) is 0.898. The number of amides is 2. The first kappa shape index (κ1) is 19.4. The second kappa shape index (κ2) is 7.86. The summed E-state index contributed by atoms with van der Waals surface area (Å²) in [5.41, 5.74) is 2.44. The first-order chi connectivity index (χ1) is 14.4. The molecule has 0 spiro atoms. The minimum Gasteiger partial charge on any atom is -0.454 e. The van der Waals surface area contributed by atoms with Gasteiger partial charge in [0.05, 0.1) is 5.69 Å². The molecule has 1 heterocycles. The minimum atomic E-state index is -4.77. The second-order valence-corrected chi connectivity index (χ2v) is 6.26. The van der Waals surface area contributed by atoms with E-state index in [-0.39, 0.29) is 12.5 Å². The van der Waals surface area contributed by atoms with Gasteiger partial charge in [-0.3, -0.25) is 0 Å². The van der Waals surface area contributed by atoms with Gasteiger partial charge in [0.15, 0.2) is 11.5 Å². The Balaban J connectivity index is 1.46. The van der Waals surface area contributed by atoms with Crippen molar-refractivity contribution < 1.29 is 32.2 Å². The van der Waals surface area contributed by atoms with Crippen molar-refractivity contribution in [3.63, 3.8) is 0 Å². The molecule has 1 aliphatic heterocycles. The van der Waals surface area contributed by atoms with Crippen molar-refractivity contribution in [2.75, 3.05) is 17.4 Å². The molecule has 0 fully saturated rings. The van der Waals surface area contributed by atoms with Crippen LogP contribution in [0.1, 0.15) is 0 Å². The van der Waals surface area contributed by atoms with Gasteiger partial charge in [0.25, 0.3) is 0 Å². The van der Waals surface area contributed by atoms with Crippen LogP contribution in [-0.2, 0) is 0 Å². The summed E-state index contributed by atoms with van der Waals surface area (Å²) in [6, 6.07) is 17.0. The van der Waals surface area contributed by atoms with Crippen LogP contribution in [0.3, 0.4) is 0 Å². The number of urea groups is 1. The first-order valence-electron chi connectivity index (χ1n) is 8.80. The van der Waals surface area contributed by atoms with Crippen LogP contribution in [0.15, 0.2) is 66.7 Å². The molecule has 0 aliphatic carbocycles. The van der Waals surface area contributed by atoms with Gasteiger partial charge in [-0.15, -0.1) is 13.2 Å². The van der Waals surface area contributed by atoms with Gasteiger partial charge < -0.3 is 24.8 Å². The number of para-hydroxylation sites is 1. The van der Waals surface area contributed by atoms with Gasteiger partial charge in [-0.1, -0.05) is 24.3 Å². The molecule has 0 atom stereocenters. The Bertz CT molecular complexity index is 1070. The Kier molecular flexibility index (Phi) is 5.09. The molecular weight excluding hydrogens is 401 g/mol. The van der Waals surface area contributed by atoms with Gasteiger partial charge in [0.2, 0.25) is 6.79 Å². The van der Waals surface area contributed by atoms with Gasteiger partial charge in [0, 0.05) is 11.3 Å². The number of fused-ring (bicyclic) bond motifs is 1. The zero-order chi connectivity index (χ0) is 21.1. The van der Waals surface area contributed by atoms with E-state index < -0.39 is 12.4 Å². The number of rotatable bonds is 4. The lowest BCUT2D eigenvalue weighted by Crippen LogP contribution is -2.20. The average Bonchev–Trinajstić information content (AvgIpc) is 3.16. The largest absolute Gasteiger partial charge is 0.573 e. The van der Waals surface area contributed by atoms with Gasteiger partial charge in [0.1, 0.15) is 5.75 Å². The molecule has 3 aromatic carbocycles. The zero-order valence-corrected chi connectivity index (χ0v) is 15.3. The quantitative estimate of drug-likeness (QED) is 0.579. The molecule has 30 heavy (non-hydrogen) atoms. The van der Waals surface area contributed by atoms with Crippen molar-refractivity contribution in [3.05, 3.63) is 66.7 Å². The Morgan fingerprint density at radius 3 is 2.40 bits per heavy atom. The summed E-state index contributed by atoms with van der Waals surface area (Å²) in [4.78, 5) is 12.4. The highest BCUT2D eigenvalue weighted by Gasteiger charge is 2.31. The Labute approximate surface area is 169 Å². The zero-order valence-electron chi connectivity index (χ0n) is 15.3. The molecule has 6 nitrogen and oxygen atoms in total. The standard InChI is InChI=1S/C21H15F3N2O4/c22-21(23,24)30-15-8-6-14(7-9-15)25-20(27)26-17-4-2-1-3-16(17)13-5-10-18-19(11-13)29-12-28-18/h1-11H,12H2,(H2,25,26,27). The number of nitrogens with one attached hydrogen (secondary N) is 2. The Morgan fingerprint density at radius 2 is 1.63 bits per heavy atom. The van der Waals surface area contributed by atoms with Crippen molar-refractivity contribution in [1.82, 2.24) is 0 Å². The van der Waals surface area contributed by atoms with E-state index in [2.05, 4.69) is 15.4 Å². The number of hydrogen-bond donors (Lipinski definition) is 2. The Morgan fingerprint density at radius 1 is 0.900 bits per heavy atom. The maximum atomic E-state index is 12.4. The number of benzene rings is 3. The number of ether oxygens (including phenoxy) is 3. The SMILES string of the molecule is O=C(Nc1ccc(OC(F)(F)F)cc1)Nc1ccccc1-c1ccc2c(c1)OCO2. The van der Waals surface area contributed by atoms with Gasteiger partial charge >= 0.3 is 12.4 Å². The summed E-state index contributed by atoms with van der Waals surface area (Å²) < 4.78 is 51.2. The normalized spacial score (nSPS) is 12.4. The third kappa shape index (κ3) is 4.57. The van der Waals surface area contributed by atoms with Crippen molar-refractivity contribution in [3.8, 4) is 28.4 Å². The Hall–Kier alpha value is -3.88. The number of alkyl halides is 3. The van der Waals surface area contributed by atoms with Crippen LogP contribution in [-0.4, -0.2) is 19.2 Å². The summed E-state index contributed by atoms with van der Waals surface area (Å²) in [6.07, 6.45) is -4.77. The van der Waals surface area contributed by atoms with Gasteiger partial charge in [-0.05, 0) is 48.0 Å². The fourth-order valence-corrected chi connectivity index (χ4v) is 2.93. The highest BCUT2D eigenvalue weighted by molar-refractivity contribution is 6.02. The summed E-state index contributed by atoms with van der Waals surface area (Å²) >= 11 is 0. The molecule has 3 aromatic rings. The van der Waals surface area contributed by atoms with E-state index in [9.17, 15) is 18.0 Å². The van der Waals surface area contributed by atoms with Crippen LogP contribution in [0.4, 0.5) is 29.3 Å². The van der Waals surface area contributed by atoms with E-state index in [1.165, 1.54) is 12.1 Å². The predicted octanol–water partition coefficient (Wildman–Crippen LogP) is 5.62. The molecule has 9 heteroatoms. The maximum absolute atomic E-state index is 12.4. The molecule has 154 valence electrons. The molecule has 2 amide bonds. The highest BCUT2D eigenvalue weighted by Crippen LogP contribution is 2.38. The maximum Gasteiger partial charge on any atom is 0.573 e. The number of carbonyl (C=O) groups excluding carboxylic acids is 1. The average molecular weight is 416 g/mol. The number of anilines is 2. The summed E-state index contributed by atoms with van der Waals surface area (Å²) in [6.45, 7) is 0.161. The molecule has 0 saturated heterocycles. The van der Waals surface area contributed by atoms with Crippen LogP contribution in [0.5, 0.6) is 17.2 Å². The van der Waals surface area contributed by atoms with Crippen LogP contribution >= 0.6 is 0 Å². The first-order valence-corrected chi connectivity index (χ1v) is 8.80. The van der Waals surface area contributed by atoms with E-state index in [0.717, 1.165) is 23.3 Å². The number of hydrogen-bond acceptors (Lipinski definition) is 4. The second-order valence-electron chi connectivity index (χ2n) is 6.26. The topological polar surface area (TPSA) is 68.8 Å². The summed E-state index contributed by atoms with van der Waals surface area (Å²) in [5, 5.41) is 5.31. The molecule has 0 aromatic heterocycles. The van der Waals surface area contributed by atoms with Crippen molar-refractivity contribution in [1.29, 1.82) is 0 Å². The molecule has 4 rings (SSSR count). The van der Waals surface area contributed by atoms with E-state index in [1.54, 1.807) is 18.2 Å². The third-order valence-electron chi connectivity index (χ3n) is 4.20. The van der Waals surface area contributed by atoms with Crippen molar-refractivity contribution in [2.24, 2.45) is 0 Å². The third-order valence-corrected chi connectivity index (χ3v) is 4.20. The van der Waals surface area contributed by atoms with Crippen LogP contribution in [0, 0.1) is 0 Å².